The maximum absolute atomic E-state index is 11.1. The summed E-state index contributed by atoms with van der Waals surface area (Å²) < 4.78 is 22.2. The number of primary amides is 1. The molecule has 0 aromatic rings. The fourth-order valence-corrected chi connectivity index (χ4v) is 2.99. The van der Waals surface area contributed by atoms with E-state index in [-0.39, 0.29) is 23.5 Å². The number of nitrogens with one attached hydrogen (secondary N) is 1. The molecule has 1 rings (SSSR count). The molecule has 0 spiro atoms. The third kappa shape index (κ3) is 4.06. The van der Waals surface area contributed by atoms with Crippen LogP contribution in [0.25, 0.3) is 0 Å². The van der Waals surface area contributed by atoms with Crippen molar-refractivity contribution in [2.45, 2.75) is 25.3 Å². The zero-order valence-electron chi connectivity index (χ0n) is 8.03. The van der Waals surface area contributed by atoms with Crippen molar-refractivity contribution in [3.8, 4) is 0 Å². The van der Waals surface area contributed by atoms with Crippen LogP contribution in [-0.4, -0.2) is 38.4 Å². The van der Waals surface area contributed by atoms with Crippen LogP contribution in [0.15, 0.2) is 0 Å². The monoisotopic (exact) mass is 220 g/mol. The third-order valence-electron chi connectivity index (χ3n) is 2.36. The van der Waals surface area contributed by atoms with E-state index in [2.05, 4.69) is 5.32 Å². The number of carbonyl (C=O) groups excluding carboxylic acids is 1. The van der Waals surface area contributed by atoms with Crippen molar-refractivity contribution in [1.82, 2.24) is 5.32 Å². The smallest absolute Gasteiger partial charge is 0.218 e. The molecular weight excluding hydrogens is 204 g/mol. The Morgan fingerprint density at radius 1 is 1.36 bits per heavy atom. The lowest BCUT2D eigenvalue weighted by molar-refractivity contribution is -0.117. The summed E-state index contributed by atoms with van der Waals surface area (Å²) in [5.74, 6) is 0.170. The van der Waals surface area contributed by atoms with E-state index in [9.17, 15) is 13.2 Å². The van der Waals surface area contributed by atoms with E-state index in [1.807, 2.05) is 0 Å². The molecular formula is C8H16N2O3S. The molecule has 82 valence electrons. The van der Waals surface area contributed by atoms with Crippen LogP contribution in [-0.2, 0) is 14.6 Å². The number of carbonyl (C=O) groups is 1. The van der Waals surface area contributed by atoms with Crippen molar-refractivity contribution < 1.29 is 13.2 Å². The fraction of sp³-hybridized carbons (Fsp3) is 0.875. The molecule has 1 heterocycles. The second kappa shape index (κ2) is 4.75. The van der Waals surface area contributed by atoms with Gasteiger partial charge >= 0.3 is 0 Å². The van der Waals surface area contributed by atoms with Gasteiger partial charge in [-0.1, -0.05) is 0 Å². The van der Waals surface area contributed by atoms with Crippen LogP contribution in [0.5, 0.6) is 0 Å². The lowest BCUT2D eigenvalue weighted by Crippen LogP contribution is -2.38. The summed E-state index contributed by atoms with van der Waals surface area (Å²) in [6, 6.07) is 0.220. The molecule has 0 atom stereocenters. The second-order valence-corrected chi connectivity index (χ2v) is 5.90. The summed E-state index contributed by atoms with van der Waals surface area (Å²) in [6.45, 7) is 0.542. The van der Waals surface area contributed by atoms with Gasteiger partial charge in [0.1, 0.15) is 9.84 Å². The lowest BCUT2D eigenvalue weighted by Gasteiger charge is -2.22. The molecule has 0 radical (unpaired) electrons. The molecule has 1 amide bonds. The minimum atomic E-state index is -2.79. The van der Waals surface area contributed by atoms with Gasteiger partial charge in [0.15, 0.2) is 0 Å². The van der Waals surface area contributed by atoms with Crippen molar-refractivity contribution in [3.05, 3.63) is 0 Å². The second-order valence-electron chi connectivity index (χ2n) is 3.60. The first-order valence-electron chi connectivity index (χ1n) is 4.72. The third-order valence-corrected chi connectivity index (χ3v) is 4.07. The van der Waals surface area contributed by atoms with Gasteiger partial charge in [0.25, 0.3) is 0 Å². The summed E-state index contributed by atoms with van der Waals surface area (Å²) in [6.07, 6.45) is 1.59. The highest BCUT2D eigenvalue weighted by Gasteiger charge is 2.22. The van der Waals surface area contributed by atoms with E-state index in [4.69, 9.17) is 5.73 Å². The Labute approximate surface area is 84.0 Å². The molecule has 14 heavy (non-hydrogen) atoms. The Bertz CT molecular complexity index is 286. The molecule has 1 aliphatic rings. The Kier molecular flexibility index (Phi) is 3.88. The van der Waals surface area contributed by atoms with Crippen molar-refractivity contribution in [2.75, 3.05) is 18.1 Å². The zero-order chi connectivity index (χ0) is 10.6. The molecule has 1 fully saturated rings. The first-order valence-corrected chi connectivity index (χ1v) is 6.54. The van der Waals surface area contributed by atoms with Gasteiger partial charge in [-0.05, 0) is 12.8 Å². The molecule has 0 aliphatic carbocycles. The summed E-state index contributed by atoms with van der Waals surface area (Å²) >= 11 is 0. The summed E-state index contributed by atoms with van der Waals surface area (Å²) in [7, 11) is -2.79. The van der Waals surface area contributed by atoms with Crippen LogP contribution in [0.2, 0.25) is 0 Å². The van der Waals surface area contributed by atoms with E-state index in [1.54, 1.807) is 0 Å². The largest absolute Gasteiger partial charge is 0.370 e. The van der Waals surface area contributed by atoms with E-state index >= 15 is 0 Å². The van der Waals surface area contributed by atoms with Gasteiger partial charge < -0.3 is 11.1 Å². The Balaban J connectivity index is 2.19. The number of hydrogen-bond acceptors (Lipinski definition) is 4. The SMILES string of the molecule is NC(=O)CCNC1CCS(=O)(=O)CC1. The van der Waals surface area contributed by atoms with E-state index in [0.717, 1.165) is 0 Å². The first-order chi connectivity index (χ1) is 6.49. The van der Waals surface area contributed by atoms with Crippen molar-refractivity contribution >= 4 is 15.7 Å². The Hall–Kier alpha value is -0.620. The van der Waals surface area contributed by atoms with Gasteiger partial charge in [-0.25, -0.2) is 8.42 Å². The number of sulfone groups is 1. The van der Waals surface area contributed by atoms with Gasteiger partial charge in [-0.2, -0.15) is 0 Å². The zero-order valence-corrected chi connectivity index (χ0v) is 8.85. The van der Waals surface area contributed by atoms with Crippen LogP contribution >= 0.6 is 0 Å². The van der Waals surface area contributed by atoms with E-state index in [1.165, 1.54) is 0 Å². The van der Waals surface area contributed by atoms with E-state index < -0.39 is 9.84 Å². The van der Waals surface area contributed by atoms with Crippen molar-refractivity contribution in [3.63, 3.8) is 0 Å². The molecule has 6 heteroatoms. The van der Waals surface area contributed by atoms with Gasteiger partial charge in [-0.3, -0.25) is 4.79 Å². The van der Waals surface area contributed by atoms with Crippen molar-refractivity contribution in [1.29, 1.82) is 0 Å². The normalized spacial score (nSPS) is 22.0. The topological polar surface area (TPSA) is 89.3 Å². The minimum absolute atomic E-state index is 0.220. The average Bonchev–Trinajstić information content (AvgIpc) is 2.07. The number of amides is 1. The van der Waals surface area contributed by atoms with Gasteiger partial charge in [0.2, 0.25) is 5.91 Å². The molecule has 0 bridgehead atoms. The predicted octanol–water partition coefficient (Wildman–Crippen LogP) is -0.971. The quantitative estimate of drug-likeness (QED) is 0.638. The van der Waals surface area contributed by atoms with Gasteiger partial charge in [-0.15, -0.1) is 0 Å². The van der Waals surface area contributed by atoms with E-state index in [0.29, 0.717) is 25.8 Å². The van der Waals surface area contributed by atoms with Crippen LogP contribution < -0.4 is 11.1 Å². The maximum Gasteiger partial charge on any atom is 0.218 e. The predicted molar refractivity (Wildman–Crippen MR) is 53.5 cm³/mol. The molecule has 5 nitrogen and oxygen atoms in total. The highest BCUT2D eigenvalue weighted by atomic mass is 32.2. The molecule has 0 aromatic carbocycles. The van der Waals surface area contributed by atoms with Crippen LogP contribution in [0.4, 0.5) is 0 Å². The average molecular weight is 220 g/mol. The minimum Gasteiger partial charge on any atom is -0.370 e. The highest BCUT2D eigenvalue weighted by Crippen LogP contribution is 2.11. The number of nitrogens with two attached hydrogens (primary N) is 1. The Morgan fingerprint density at radius 3 is 2.43 bits per heavy atom. The standard InChI is InChI=1S/C8H16N2O3S/c9-8(11)1-4-10-7-2-5-14(12,13)6-3-7/h7,10H,1-6H2,(H2,9,11). The molecule has 0 aromatic heterocycles. The number of hydrogen-bond donors (Lipinski definition) is 2. The Morgan fingerprint density at radius 2 is 1.93 bits per heavy atom. The highest BCUT2D eigenvalue weighted by molar-refractivity contribution is 7.91. The van der Waals surface area contributed by atoms with Gasteiger partial charge in [0, 0.05) is 19.0 Å². The summed E-state index contributed by atoms with van der Waals surface area (Å²) in [4.78, 5) is 10.4. The molecule has 1 aliphatic heterocycles. The molecule has 0 saturated carbocycles. The molecule has 3 N–H and O–H groups in total. The van der Waals surface area contributed by atoms with Crippen LogP contribution in [0, 0.1) is 0 Å². The fourth-order valence-electron chi connectivity index (χ4n) is 1.49. The molecule has 1 saturated heterocycles. The lowest BCUT2D eigenvalue weighted by atomic mass is 10.1. The molecule has 0 unspecified atom stereocenters. The van der Waals surface area contributed by atoms with Gasteiger partial charge in [0.05, 0.1) is 11.5 Å². The van der Waals surface area contributed by atoms with Crippen LogP contribution in [0.3, 0.4) is 0 Å². The summed E-state index contributed by atoms with van der Waals surface area (Å²) in [5, 5.41) is 3.13. The summed E-state index contributed by atoms with van der Waals surface area (Å²) in [5.41, 5.74) is 4.98. The maximum atomic E-state index is 11.1. The first kappa shape index (κ1) is 11.5. The van der Waals surface area contributed by atoms with Crippen molar-refractivity contribution in [2.24, 2.45) is 5.73 Å². The number of rotatable bonds is 4. The van der Waals surface area contributed by atoms with Crippen LogP contribution in [0.1, 0.15) is 19.3 Å².